The number of carbonyl (C=O) groups excluding carboxylic acids is 1. The first-order valence-corrected chi connectivity index (χ1v) is 9.10. The Balaban J connectivity index is 1.86. The maximum Gasteiger partial charge on any atom is 0.292 e. The van der Waals surface area contributed by atoms with E-state index < -0.39 is 0 Å². The van der Waals surface area contributed by atoms with Gasteiger partial charge in [-0.2, -0.15) is 0 Å². The first kappa shape index (κ1) is 18.1. The summed E-state index contributed by atoms with van der Waals surface area (Å²) in [6.07, 6.45) is 3.09. The van der Waals surface area contributed by atoms with Gasteiger partial charge in [0.25, 0.3) is 5.91 Å². The van der Waals surface area contributed by atoms with Crippen molar-refractivity contribution in [3.05, 3.63) is 17.1 Å². The highest BCUT2D eigenvalue weighted by molar-refractivity contribution is 5.91. The fraction of sp³-hybridized carbons (Fsp3) is 0.722. The van der Waals surface area contributed by atoms with Crippen LogP contribution in [-0.2, 0) is 0 Å². The van der Waals surface area contributed by atoms with E-state index in [4.69, 9.17) is 0 Å². The average molecular weight is 347 g/mol. The van der Waals surface area contributed by atoms with Crippen molar-refractivity contribution in [2.75, 3.05) is 45.2 Å². The molecule has 0 unspecified atom stereocenters. The molecule has 2 heterocycles. The van der Waals surface area contributed by atoms with E-state index in [1.165, 1.54) is 0 Å². The largest absolute Gasteiger partial charge is 0.395 e. The number of anilines is 1. The SMILES string of the molecule is Cc1nc(C(=O)N(CCO)C2CC2)nc(N2CC[C@@H](N(C)C)C2)c1C. The Morgan fingerprint density at radius 2 is 1.92 bits per heavy atom. The van der Waals surface area contributed by atoms with Crippen LogP contribution < -0.4 is 4.90 Å². The van der Waals surface area contributed by atoms with Crippen LogP contribution in [0.4, 0.5) is 5.82 Å². The number of hydrogen-bond donors (Lipinski definition) is 1. The molecule has 1 saturated carbocycles. The summed E-state index contributed by atoms with van der Waals surface area (Å²) in [7, 11) is 4.20. The van der Waals surface area contributed by atoms with Gasteiger partial charge in [0.05, 0.1) is 6.61 Å². The Morgan fingerprint density at radius 3 is 2.48 bits per heavy atom. The molecule has 1 aliphatic carbocycles. The average Bonchev–Trinajstić information content (AvgIpc) is 3.29. The van der Waals surface area contributed by atoms with Gasteiger partial charge in [-0.3, -0.25) is 4.79 Å². The first-order valence-electron chi connectivity index (χ1n) is 9.10. The third-order valence-electron chi connectivity index (χ3n) is 5.34. The molecular formula is C18H29N5O2. The number of amides is 1. The molecule has 1 aromatic rings. The van der Waals surface area contributed by atoms with Gasteiger partial charge in [-0.15, -0.1) is 0 Å². The van der Waals surface area contributed by atoms with Crippen molar-refractivity contribution in [2.45, 2.75) is 45.2 Å². The Morgan fingerprint density at radius 1 is 1.20 bits per heavy atom. The molecular weight excluding hydrogens is 318 g/mol. The van der Waals surface area contributed by atoms with E-state index in [1.54, 1.807) is 4.90 Å². The third-order valence-corrected chi connectivity index (χ3v) is 5.34. The molecule has 7 nitrogen and oxygen atoms in total. The Bertz CT molecular complexity index is 645. The molecule has 1 aromatic heterocycles. The predicted octanol–water partition coefficient (Wildman–Crippen LogP) is 0.831. The molecule has 0 bridgehead atoms. The highest BCUT2D eigenvalue weighted by Crippen LogP contribution is 2.29. The molecule has 1 atom stereocenters. The van der Waals surface area contributed by atoms with Crippen LogP contribution in [-0.4, -0.2) is 83.2 Å². The third kappa shape index (κ3) is 3.77. The minimum Gasteiger partial charge on any atom is -0.395 e. The summed E-state index contributed by atoms with van der Waals surface area (Å²) < 4.78 is 0. The zero-order valence-corrected chi connectivity index (χ0v) is 15.7. The highest BCUT2D eigenvalue weighted by atomic mass is 16.3. The van der Waals surface area contributed by atoms with Crippen LogP contribution in [0.1, 0.15) is 41.1 Å². The van der Waals surface area contributed by atoms with Crippen LogP contribution in [0.3, 0.4) is 0 Å². The Labute approximate surface area is 149 Å². The number of aromatic nitrogens is 2. The molecule has 1 N–H and O–H groups in total. The van der Waals surface area contributed by atoms with Gasteiger partial charge in [0.15, 0.2) is 0 Å². The normalized spacial score (nSPS) is 20.4. The molecule has 138 valence electrons. The van der Waals surface area contributed by atoms with Gasteiger partial charge in [0.2, 0.25) is 5.82 Å². The Kier molecular flexibility index (Phi) is 5.24. The molecule has 7 heteroatoms. The molecule has 1 saturated heterocycles. The van der Waals surface area contributed by atoms with Crippen LogP contribution in [0, 0.1) is 13.8 Å². The minimum atomic E-state index is -0.163. The maximum atomic E-state index is 12.9. The summed E-state index contributed by atoms with van der Waals surface area (Å²) in [6, 6.07) is 0.740. The molecule has 1 aliphatic heterocycles. The van der Waals surface area contributed by atoms with Crippen molar-refractivity contribution >= 4 is 11.7 Å². The van der Waals surface area contributed by atoms with Gasteiger partial charge in [-0.25, -0.2) is 9.97 Å². The van der Waals surface area contributed by atoms with Gasteiger partial charge < -0.3 is 19.8 Å². The maximum absolute atomic E-state index is 12.9. The minimum absolute atomic E-state index is 0.0312. The fourth-order valence-corrected chi connectivity index (χ4v) is 3.45. The van der Waals surface area contributed by atoms with Crippen molar-refractivity contribution < 1.29 is 9.90 Å². The number of likely N-dealkylation sites (N-methyl/N-ethyl adjacent to an activating group) is 1. The van der Waals surface area contributed by atoms with E-state index in [0.29, 0.717) is 12.6 Å². The topological polar surface area (TPSA) is 72.8 Å². The second-order valence-corrected chi connectivity index (χ2v) is 7.39. The number of aliphatic hydroxyl groups is 1. The van der Waals surface area contributed by atoms with Crippen molar-refractivity contribution in [3.8, 4) is 0 Å². The summed E-state index contributed by atoms with van der Waals surface area (Å²) in [6.45, 7) is 6.13. The van der Waals surface area contributed by atoms with Crippen molar-refractivity contribution in [1.29, 1.82) is 0 Å². The molecule has 1 amide bonds. The number of aryl methyl sites for hydroxylation is 1. The number of carbonyl (C=O) groups is 1. The summed E-state index contributed by atoms with van der Waals surface area (Å²) >= 11 is 0. The second-order valence-electron chi connectivity index (χ2n) is 7.39. The zero-order valence-electron chi connectivity index (χ0n) is 15.7. The quantitative estimate of drug-likeness (QED) is 0.822. The fourth-order valence-electron chi connectivity index (χ4n) is 3.45. The van der Waals surface area contributed by atoms with Crippen molar-refractivity contribution in [2.24, 2.45) is 0 Å². The van der Waals surface area contributed by atoms with E-state index in [-0.39, 0.29) is 24.4 Å². The summed E-state index contributed by atoms with van der Waals surface area (Å²) in [5.41, 5.74) is 1.89. The van der Waals surface area contributed by atoms with E-state index in [2.05, 4.69) is 33.9 Å². The number of nitrogens with zero attached hydrogens (tertiary/aromatic N) is 5. The monoisotopic (exact) mass is 347 g/mol. The van der Waals surface area contributed by atoms with Crippen molar-refractivity contribution in [1.82, 2.24) is 19.8 Å². The van der Waals surface area contributed by atoms with Crippen LogP contribution >= 0.6 is 0 Å². The van der Waals surface area contributed by atoms with E-state index in [0.717, 1.165) is 49.4 Å². The molecule has 3 rings (SSSR count). The van der Waals surface area contributed by atoms with Crippen LogP contribution in [0.25, 0.3) is 0 Å². The van der Waals surface area contributed by atoms with E-state index >= 15 is 0 Å². The summed E-state index contributed by atoms with van der Waals surface area (Å²) in [5, 5.41) is 9.27. The molecule has 25 heavy (non-hydrogen) atoms. The standard InChI is InChI=1S/C18H29N5O2/c1-12-13(2)19-16(18(25)23(9-10-24)14-5-6-14)20-17(12)22-8-7-15(11-22)21(3)4/h14-15,24H,5-11H2,1-4H3/t15-/m1/s1. The lowest BCUT2D eigenvalue weighted by Crippen LogP contribution is -2.37. The molecule has 0 aromatic carbocycles. The van der Waals surface area contributed by atoms with Gasteiger partial charge in [0.1, 0.15) is 5.82 Å². The van der Waals surface area contributed by atoms with E-state index in [1.807, 2.05) is 13.8 Å². The number of rotatable bonds is 6. The first-order chi connectivity index (χ1) is 11.9. The number of aliphatic hydroxyl groups excluding tert-OH is 1. The van der Waals surface area contributed by atoms with Crippen LogP contribution in [0.2, 0.25) is 0 Å². The van der Waals surface area contributed by atoms with Gasteiger partial charge in [0, 0.05) is 43.0 Å². The highest BCUT2D eigenvalue weighted by Gasteiger charge is 2.35. The van der Waals surface area contributed by atoms with E-state index in [9.17, 15) is 9.90 Å². The molecule has 2 aliphatic rings. The lowest BCUT2D eigenvalue weighted by molar-refractivity contribution is 0.0695. The molecule has 2 fully saturated rings. The predicted molar refractivity (Wildman–Crippen MR) is 97.0 cm³/mol. The Hall–Kier alpha value is -1.73. The van der Waals surface area contributed by atoms with Crippen LogP contribution in [0.5, 0.6) is 0 Å². The number of hydrogen-bond acceptors (Lipinski definition) is 6. The zero-order chi connectivity index (χ0) is 18.1. The molecule has 0 radical (unpaired) electrons. The van der Waals surface area contributed by atoms with Crippen molar-refractivity contribution in [3.63, 3.8) is 0 Å². The summed E-state index contributed by atoms with van der Waals surface area (Å²) in [5.74, 6) is 0.968. The lowest BCUT2D eigenvalue weighted by atomic mass is 10.2. The van der Waals surface area contributed by atoms with Gasteiger partial charge in [-0.05, 0) is 47.2 Å². The lowest BCUT2D eigenvalue weighted by Gasteiger charge is -2.24. The van der Waals surface area contributed by atoms with Gasteiger partial charge in [-0.1, -0.05) is 0 Å². The molecule has 0 spiro atoms. The smallest absolute Gasteiger partial charge is 0.292 e. The van der Waals surface area contributed by atoms with Gasteiger partial charge >= 0.3 is 0 Å². The van der Waals surface area contributed by atoms with Crippen LogP contribution in [0.15, 0.2) is 0 Å². The summed E-state index contributed by atoms with van der Waals surface area (Å²) in [4.78, 5) is 28.2. The second kappa shape index (κ2) is 7.25.